The number of aliphatic hydroxyl groups excluding tert-OH is 1. The van der Waals surface area contributed by atoms with Gasteiger partial charge in [-0.2, -0.15) is 9.97 Å². The lowest BCUT2D eigenvalue weighted by atomic mass is 10.3. The highest BCUT2D eigenvalue weighted by Gasteiger charge is 2.14. The average molecular weight is 268 g/mol. The largest absolute Gasteiger partial charge is 0.460 e. The second kappa shape index (κ2) is 6.05. The predicted octanol–water partition coefficient (Wildman–Crippen LogP) is 0.0429. The van der Waals surface area contributed by atoms with Crippen molar-refractivity contribution in [2.75, 3.05) is 6.61 Å². The standard InChI is InChI=1S/C10H12N4O5/c1-6-11-9(14-18-6)10(16)17-4-2-3-8-12-7(5-15)13-19-8/h15H,2-5H2,1H3. The zero-order chi connectivity index (χ0) is 13.7. The summed E-state index contributed by atoms with van der Waals surface area (Å²) in [5, 5.41) is 15.7. The van der Waals surface area contributed by atoms with Gasteiger partial charge in [-0.05, 0) is 11.6 Å². The minimum atomic E-state index is -0.640. The average Bonchev–Trinajstić information content (AvgIpc) is 3.03. The summed E-state index contributed by atoms with van der Waals surface area (Å²) in [6.45, 7) is 1.48. The van der Waals surface area contributed by atoms with Gasteiger partial charge in [0.05, 0.1) is 6.61 Å². The van der Waals surface area contributed by atoms with Gasteiger partial charge >= 0.3 is 5.97 Å². The molecular formula is C10H12N4O5. The monoisotopic (exact) mass is 268 g/mol. The van der Waals surface area contributed by atoms with E-state index in [1.165, 1.54) is 0 Å². The van der Waals surface area contributed by atoms with E-state index in [0.29, 0.717) is 24.6 Å². The molecule has 0 spiro atoms. The Balaban J connectivity index is 1.70. The lowest BCUT2D eigenvalue weighted by Crippen LogP contribution is -2.09. The van der Waals surface area contributed by atoms with Gasteiger partial charge in [0.2, 0.25) is 11.8 Å². The van der Waals surface area contributed by atoms with Gasteiger partial charge in [0.15, 0.2) is 5.82 Å². The first-order valence-electron chi connectivity index (χ1n) is 5.59. The molecule has 0 aliphatic carbocycles. The summed E-state index contributed by atoms with van der Waals surface area (Å²) in [5.41, 5.74) is 0. The quantitative estimate of drug-likeness (QED) is 0.571. The van der Waals surface area contributed by atoms with Gasteiger partial charge in [0.25, 0.3) is 5.82 Å². The summed E-state index contributed by atoms with van der Waals surface area (Å²) in [5.74, 6) is 0.176. The molecule has 0 bridgehead atoms. The molecule has 102 valence electrons. The van der Waals surface area contributed by atoms with E-state index in [9.17, 15) is 4.79 Å². The summed E-state index contributed by atoms with van der Waals surface area (Å²) < 4.78 is 14.4. The fourth-order valence-electron chi connectivity index (χ4n) is 1.29. The van der Waals surface area contributed by atoms with E-state index >= 15 is 0 Å². The second-order valence-electron chi connectivity index (χ2n) is 3.64. The Labute approximate surface area is 107 Å². The lowest BCUT2D eigenvalue weighted by Gasteiger charge is -1.99. The van der Waals surface area contributed by atoms with Crippen molar-refractivity contribution in [2.24, 2.45) is 0 Å². The molecule has 19 heavy (non-hydrogen) atoms. The number of nitrogens with zero attached hydrogens (tertiary/aromatic N) is 4. The van der Waals surface area contributed by atoms with E-state index in [0.717, 1.165) is 0 Å². The topological polar surface area (TPSA) is 124 Å². The van der Waals surface area contributed by atoms with Gasteiger partial charge < -0.3 is 18.9 Å². The van der Waals surface area contributed by atoms with Crippen LogP contribution in [0.4, 0.5) is 0 Å². The first-order valence-corrected chi connectivity index (χ1v) is 5.59. The molecule has 0 saturated carbocycles. The Hall–Kier alpha value is -2.29. The molecule has 1 N–H and O–H groups in total. The molecule has 9 nitrogen and oxygen atoms in total. The lowest BCUT2D eigenvalue weighted by molar-refractivity contribution is 0.0480. The smallest absolute Gasteiger partial charge is 0.379 e. The highest BCUT2D eigenvalue weighted by Crippen LogP contribution is 2.03. The van der Waals surface area contributed by atoms with Crippen LogP contribution in [0.3, 0.4) is 0 Å². The van der Waals surface area contributed by atoms with Crippen LogP contribution in [0.1, 0.15) is 34.6 Å². The molecule has 0 aliphatic rings. The van der Waals surface area contributed by atoms with E-state index in [1.807, 2.05) is 0 Å². The fraction of sp³-hybridized carbons (Fsp3) is 0.500. The zero-order valence-electron chi connectivity index (χ0n) is 10.2. The van der Waals surface area contributed by atoms with Crippen LogP contribution in [0.2, 0.25) is 0 Å². The van der Waals surface area contributed by atoms with E-state index in [-0.39, 0.29) is 24.9 Å². The van der Waals surface area contributed by atoms with Crippen LogP contribution < -0.4 is 0 Å². The molecule has 0 aromatic carbocycles. The van der Waals surface area contributed by atoms with Crippen LogP contribution >= 0.6 is 0 Å². The molecule has 2 rings (SSSR count). The highest BCUT2D eigenvalue weighted by molar-refractivity contribution is 5.84. The Morgan fingerprint density at radius 3 is 2.79 bits per heavy atom. The molecule has 2 aromatic heterocycles. The molecule has 0 radical (unpaired) electrons. The Bertz CT molecular complexity index is 550. The number of carbonyl (C=O) groups excluding carboxylic acids is 1. The third-order valence-electron chi connectivity index (χ3n) is 2.13. The van der Waals surface area contributed by atoms with Gasteiger partial charge in [0, 0.05) is 13.3 Å². The summed E-state index contributed by atoms with van der Waals surface area (Å²) in [4.78, 5) is 19.1. The molecule has 2 heterocycles. The van der Waals surface area contributed by atoms with Gasteiger partial charge in [-0.25, -0.2) is 4.79 Å². The summed E-state index contributed by atoms with van der Waals surface area (Å²) in [6.07, 6.45) is 0.960. The van der Waals surface area contributed by atoms with Crippen molar-refractivity contribution >= 4 is 5.97 Å². The van der Waals surface area contributed by atoms with Crippen molar-refractivity contribution in [1.29, 1.82) is 0 Å². The number of aryl methyl sites for hydroxylation is 2. The maximum absolute atomic E-state index is 11.4. The first-order chi connectivity index (χ1) is 9.19. The Morgan fingerprint density at radius 1 is 1.32 bits per heavy atom. The van der Waals surface area contributed by atoms with Crippen LogP contribution in [-0.4, -0.2) is 38.0 Å². The number of aromatic nitrogens is 4. The maximum atomic E-state index is 11.4. The van der Waals surface area contributed by atoms with E-state index in [2.05, 4.69) is 24.8 Å². The molecule has 9 heteroatoms. The molecule has 2 aromatic rings. The molecule has 0 saturated heterocycles. The number of rotatable bonds is 6. The number of carbonyl (C=O) groups is 1. The van der Waals surface area contributed by atoms with Crippen molar-refractivity contribution in [1.82, 2.24) is 20.3 Å². The van der Waals surface area contributed by atoms with E-state index < -0.39 is 5.97 Å². The molecule has 0 atom stereocenters. The van der Waals surface area contributed by atoms with Crippen molar-refractivity contribution in [3.63, 3.8) is 0 Å². The second-order valence-corrected chi connectivity index (χ2v) is 3.64. The molecular weight excluding hydrogens is 256 g/mol. The predicted molar refractivity (Wildman–Crippen MR) is 57.9 cm³/mol. The molecule has 0 aliphatic heterocycles. The number of esters is 1. The third-order valence-corrected chi connectivity index (χ3v) is 2.13. The van der Waals surface area contributed by atoms with Crippen molar-refractivity contribution < 1.29 is 23.7 Å². The van der Waals surface area contributed by atoms with Crippen LogP contribution in [-0.2, 0) is 17.8 Å². The highest BCUT2D eigenvalue weighted by atomic mass is 16.5. The molecule has 0 fully saturated rings. The first kappa shape index (κ1) is 13.1. The SMILES string of the molecule is Cc1nc(C(=O)OCCCc2nc(CO)no2)no1. The number of hydrogen-bond acceptors (Lipinski definition) is 9. The maximum Gasteiger partial charge on any atom is 0.379 e. The van der Waals surface area contributed by atoms with E-state index in [4.69, 9.17) is 14.4 Å². The van der Waals surface area contributed by atoms with Crippen LogP contribution in [0, 0.1) is 6.92 Å². The van der Waals surface area contributed by atoms with Gasteiger partial charge in [-0.1, -0.05) is 5.16 Å². The third kappa shape index (κ3) is 3.58. The Morgan fingerprint density at radius 2 is 2.16 bits per heavy atom. The molecule has 0 amide bonds. The van der Waals surface area contributed by atoms with Gasteiger partial charge in [-0.15, -0.1) is 0 Å². The van der Waals surface area contributed by atoms with E-state index in [1.54, 1.807) is 6.92 Å². The van der Waals surface area contributed by atoms with Crippen LogP contribution in [0.5, 0.6) is 0 Å². The normalized spacial score (nSPS) is 10.6. The van der Waals surface area contributed by atoms with Gasteiger partial charge in [-0.3, -0.25) is 0 Å². The van der Waals surface area contributed by atoms with Crippen molar-refractivity contribution in [3.8, 4) is 0 Å². The summed E-state index contributed by atoms with van der Waals surface area (Å²) >= 11 is 0. The van der Waals surface area contributed by atoms with Crippen molar-refractivity contribution in [2.45, 2.75) is 26.4 Å². The summed E-state index contributed by atoms with van der Waals surface area (Å²) in [6, 6.07) is 0. The Kier molecular flexibility index (Phi) is 4.18. The summed E-state index contributed by atoms with van der Waals surface area (Å²) in [7, 11) is 0. The molecule has 0 unspecified atom stereocenters. The zero-order valence-corrected chi connectivity index (χ0v) is 10.2. The van der Waals surface area contributed by atoms with Crippen LogP contribution in [0.15, 0.2) is 9.05 Å². The van der Waals surface area contributed by atoms with Crippen LogP contribution in [0.25, 0.3) is 0 Å². The van der Waals surface area contributed by atoms with Crippen molar-refractivity contribution in [3.05, 3.63) is 23.4 Å². The number of hydrogen-bond donors (Lipinski definition) is 1. The minimum Gasteiger partial charge on any atom is -0.460 e. The fourth-order valence-corrected chi connectivity index (χ4v) is 1.29. The number of aliphatic hydroxyl groups is 1. The minimum absolute atomic E-state index is 0.0992. The van der Waals surface area contributed by atoms with Gasteiger partial charge in [0.1, 0.15) is 6.61 Å². The number of ether oxygens (including phenoxy) is 1.